The zero-order valence-electron chi connectivity index (χ0n) is 14.0. The maximum Gasteiger partial charge on any atom is 0.411 e. The van der Waals surface area contributed by atoms with Gasteiger partial charge in [0.25, 0.3) is 0 Å². The van der Waals surface area contributed by atoms with E-state index in [9.17, 15) is 13.2 Å². The van der Waals surface area contributed by atoms with Gasteiger partial charge in [0.1, 0.15) is 6.61 Å². The summed E-state index contributed by atoms with van der Waals surface area (Å²) in [5.41, 5.74) is 0. The molecule has 0 aliphatic rings. The van der Waals surface area contributed by atoms with Crippen LogP contribution in [0.3, 0.4) is 0 Å². The third-order valence-electron chi connectivity index (χ3n) is 2.99. The minimum Gasteiger partial charge on any atom is -0.372 e. The lowest BCUT2D eigenvalue weighted by molar-refractivity contribution is -0.173. The number of halogens is 4. The molecule has 0 aromatic rings. The lowest BCUT2D eigenvalue weighted by atomic mass is 10.2. The average molecular weight is 451 g/mol. The van der Waals surface area contributed by atoms with Crippen LogP contribution in [0.2, 0.25) is 0 Å². The number of rotatable bonds is 11. The molecule has 0 heterocycles. The van der Waals surface area contributed by atoms with Gasteiger partial charge in [0.15, 0.2) is 5.96 Å². The van der Waals surface area contributed by atoms with Crippen LogP contribution in [0.4, 0.5) is 13.2 Å². The maximum absolute atomic E-state index is 11.9. The summed E-state index contributed by atoms with van der Waals surface area (Å²) in [6, 6.07) is 0. The topological polar surface area (TPSA) is 36.9 Å². The van der Waals surface area contributed by atoms with Crippen molar-refractivity contribution in [3.63, 3.8) is 0 Å². The first-order chi connectivity index (χ1) is 10.4. The highest BCUT2D eigenvalue weighted by atomic mass is 127. The summed E-state index contributed by atoms with van der Waals surface area (Å²) in [4.78, 5) is 6.17. The van der Waals surface area contributed by atoms with E-state index in [1.165, 1.54) is 0 Å². The van der Waals surface area contributed by atoms with E-state index in [2.05, 4.69) is 21.6 Å². The summed E-state index contributed by atoms with van der Waals surface area (Å²) >= 11 is 0. The molecule has 0 saturated heterocycles. The molecule has 4 nitrogen and oxygen atoms in total. The Hall–Kier alpha value is -0.510. The zero-order chi connectivity index (χ0) is 16.8. The van der Waals surface area contributed by atoms with Gasteiger partial charge in [0, 0.05) is 33.8 Å². The van der Waals surface area contributed by atoms with Gasteiger partial charge in [-0.1, -0.05) is 12.5 Å². The molecule has 0 rings (SSSR count). The normalized spacial score (nSPS) is 11.8. The van der Waals surface area contributed by atoms with Crippen LogP contribution in [0.15, 0.2) is 17.6 Å². The summed E-state index contributed by atoms with van der Waals surface area (Å²) in [7, 11) is 3.64. The second-order valence-corrected chi connectivity index (χ2v) is 5.05. The molecular formula is C15H29F3IN3O. The highest BCUT2D eigenvalue weighted by molar-refractivity contribution is 14.0. The van der Waals surface area contributed by atoms with Crippen LogP contribution in [-0.4, -0.2) is 57.4 Å². The second-order valence-electron chi connectivity index (χ2n) is 5.05. The Bertz CT molecular complexity index is 326. The average Bonchev–Trinajstić information content (AvgIpc) is 2.45. The van der Waals surface area contributed by atoms with Crippen molar-refractivity contribution in [3.8, 4) is 0 Å². The van der Waals surface area contributed by atoms with E-state index in [-0.39, 0.29) is 30.6 Å². The van der Waals surface area contributed by atoms with Crippen LogP contribution >= 0.6 is 24.0 Å². The van der Waals surface area contributed by atoms with Crippen LogP contribution in [0.25, 0.3) is 0 Å². The van der Waals surface area contributed by atoms with Crippen LogP contribution in [0, 0.1) is 0 Å². The Kier molecular flexibility index (Phi) is 16.2. The summed E-state index contributed by atoms with van der Waals surface area (Å²) < 4.78 is 40.2. The first kappa shape index (κ1) is 24.7. The SMILES string of the molecule is C=CCCCCCN(C)C(=NC)NCCCOCC(F)(F)F.I. The molecule has 8 heteroatoms. The number of allylic oxidation sites excluding steroid dienone is 1. The molecule has 0 atom stereocenters. The molecule has 138 valence electrons. The number of hydrogen-bond acceptors (Lipinski definition) is 2. The molecule has 0 unspecified atom stereocenters. The van der Waals surface area contributed by atoms with E-state index in [0.29, 0.717) is 13.0 Å². The Morgan fingerprint density at radius 2 is 1.96 bits per heavy atom. The van der Waals surface area contributed by atoms with Crippen molar-refractivity contribution in [1.82, 2.24) is 10.2 Å². The molecule has 0 saturated carbocycles. The fraction of sp³-hybridized carbons (Fsp3) is 0.800. The Morgan fingerprint density at radius 1 is 1.26 bits per heavy atom. The highest BCUT2D eigenvalue weighted by Crippen LogP contribution is 2.14. The van der Waals surface area contributed by atoms with Gasteiger partial charge in [0.2, 0.25) is 0 Å². The molecule has 0 spiro atoms. The van der Waals surface area contributed by atoms with E-state index in [0.717, 1.165) is 38.2 Å². The van der Waals surface area contributed by atoms with Crippen LogP contribution in [-0.2, 0) is 4.74 Å². The third-order valence-corrected chi connectivity index (χ3v) is 2.99. The lowest BCUT2D eigenvalue weighted by Gasteiger charge is -2.22. The second kappa shape index (κ2) is 15.0. The number of alkyl halides is 3. The van der Waals surface area contributed by atoms with Gasteiger partial charge in [0.05, 0.1) is 0 Å². The Labute approximate surface area is 154 Å². The molecule has 0 radical (unpaired) electrons. The zero-order valence-corrected chi connectivity index (χ0v) is 16.3. The predicted molar refractivity (Wildman–Crippen MR) is 99.6 cm³/mol. The summed E-state index contributed by atoms with van der Waals surface area (Å²) in [6.07, 6.45) is 2.55. The number of hydrogen-bond donors (Lipinski definition) is 1. The van der Waals surface area contributed by atoms with Gasteiger partial charge in [-0.05, 0) is 25.7 Å². The highest BCUT2D eigenvalue weighted by Gasteiger charge is 2.27. The fourth-order valence-corrected chi connectivity index (χ4v) is 1.87. The Balaban J connectivity index is 0. The minimum atomic E-state index is -4.25. The van der Waals surface area contributed by atoms with E-state index in [1.807, 2.05) is 18.0 Å². The number of ether oxygens (including phenoxy) is 1. The van der Waals surface area contributed by atoms with Crippen molar-refractivity contribution in [3.05, 3.63) is 12.7 Å². The summed E-state index contributed by atoms with van der Waals surface area (Å²) in [6.45, 7) is 4.00. The molecule has 0 fully saturated rings. The van der Waals surface area contributed by atoms with Crippen molar-refractivity contribution in [2.45, 2.75) is 38.3 Å². The number of unbranched alkanes of at least 4 members (excludes halogenated alkanes) is 3. The van der Waals surface area contributed by atoms with Gasteiger partial charge >= 0.3 is 6.18 Å². The van der Waals surface area contributed by atoms with Crippen LogP contribution < -0.4 is 5.32 Å². The molecule has 1 N–H and O–H groups in total. The third kappa shape index (κ3) is 16.1. The molecule has 23 heavy (non-hydrogen) atoms. The first-order valence-corrected chi connectivity index (χ1v) is 7.58. The molecule has 0 aliphatic carbocycles. The summed E-state index contributed by atoms with van der Waals surface area (Å²) in [5.74, 6) is 0.750. The van der Waals surface area contributed by atoms with E-state index in [4.69, 9.17) is 0 Å². The largest absolute Gasteiger partial charge is 0.411 e. The number of guanidine groups is 1. The van der Waals surface area contributed by atoms with E-state index in [1.54, 1.807) is 7.05 Å². The lowest BCUT2D eigenvalue weighted by Crippen LogP contribution is -2.40. The van der Waals surface area contributed by atoms with Gasteiger partial charge in [-0.25, -0.2) is 0 Å². The number of nitrogens with zero attached hydrogens (tertiary/aromatic N) is 2. The van der Waals surface area contributed by atoms with Gasteiger partial charge in [-0.3, -0.25) is 4.99 Å². The van der Waals surface area contributed by atoms with Gasteiger partial charge < -0.3 is 15.0 Å². The predicted octanol–water partition coefficient (Wildman–Crippen LogP) is 3.83. The van der Waals surface area contributed by atoms with Crippen molar-refractivity contribution in [1.29, 1.82) is 0 Å². The van der Waals surface area contributed by atoms with Gasteiger partial charge in [-0.15, -0.1) is 30.6 Å². The minimum absolute atomic E-state index is 0. The maximum atomic E-state index is 11.9. The fourth-order valence-electron chi connectivity index (χ4n) is 1.87. The van der Waals surface area contributed by atoms with Crippen molar-refractivity contribution in [2.24, 2.45) is 4.99 Å². The molecule has 0 amide bonds. The Morgan fingerprint density at radius 3 is 2.52 bits per heavy atom. The number of aliphatic imine (C=N–C) groups is 1. The standard InChI is InChI=1S/C15H28F3N3O.HI/c1-4-5-6-7-8-11-21(3)14(19-2)20-10-9-12-22-13-15(16,17)18;/h4H,1,5-13H2,2-3H3,(H,19,20);1H. The quantitative estimate of drug-likeness (QED) is 0.171. The molecule has 0 aromatic heterocycles. The van der Waals surface area contributed by atoms with Crippen molar-refractivity contribution in [2.75, 3.05) is 40.4 Å². The van der Waals surface area contributed by atoms with Crippen molar-refractivity contribution >= 4 is 29.9 Å². The molecule has 0 aliphatic heterocycles. The van der Waals surface area contributed by atoms with Gasteiger partial charge in [-0.2, -0.15) is 13.2 Å². The van der Waals surface area contributed by atoms with Crippen LogP contribution in [0.5, 0.6) is 0 Å². The molecule has 0 aromatic carbocycles. The van der Waals surface area contributed by atoms with E-state index >= 15 is 0 Å². The summed E-state index contributed by atoms with van der Waals surface area (Å²) in [5, 5.41) is 3.12. The molecular weight excluding hydrogens is 422 g/mol. The van der Waals surface area contributed by atoms with Crippen LogP contribution in [0.1, 0.15) is 32.1 Å². The smallest absolute Gasteiger partial charge is 0.372 e. The van der Waals surface area contributed by atoms with Crippen molar-refractivity contribution < 1.29 is 17.9 Å². The first-order valence-electron chi connectivity index (χ1n) is 7.58. The van der Waals surface area contributed by atoms with E-state index < -0.39 is 12.8 Å². The molecule has 0 bridgehead atoms. The number of nitrogens with one attached hydrogen (secondary N) is 1. The monoisotopic (exact) mass is 451 g/mol.